The molecule has 0 radical (unpaired) electrons. The van der Waals surface area contributed by atoms with Crippen LogP contribution in [0.4, 0.5) is 0 Å². The molecule has 86 valence electrons. The van der Waals surface area contributed by atoms with Crippen LogP contribution in [0.3, 0.4) is 0 Å². The second-order valence-electron chi connectivity index (χ2n) is 3.75. The summed E-state index contributed by atoms with van der Waals surface area (Å²) in [4.78, 5) is 0. The molecule has 0 spiro atoms. The minimum absolute atomic E-state index is 0.217. The molecule has 1 unspecified atom stereocenters. The van der Waals surface area contributed by atoms with Crippen molar-refractivity contribution in [1.29, 1.82) is 0 Å². The van der Waals surface area contributed by atoms with Crippen molar-refractivity contribution in [3.8, 4) is 0 Å². The average molecular weight is 303 g/mol. The smallest absolute Gasteiger partial charge is 0.113 e. The predicted octanol–water partition coefficient (Wildman–Crippen LogP) is 3.80. The van der Waals surface area contributed by atoms with E-state index in [1.807, 2.05) is 18.2 Å². The first-order valence-electron chi connectivity index (χ1n) is 5.22. The molecule has 1 heterocycles. The SMILES string of the molecule is NC(C1=CCCCO1)c1ccc(Br)c(Cl)c1. The molecule has 2 nitrogen and oxygen atoms in total. The number of ether oxygens (including phenoxy) is 1. The Morgan fingerprint density at radius 2 is 2.25 bits per heavy atom. The van der Waals surface area contributed by atoms with E-state index in [9.17, 15) is 0 Å². The highest BCUT2D eigenvalue weighted by Gasteiger charge is 2.16. The first kappa shape index (κ1) is 12.0. The van der Waals surface area contributed by atoms with Crippen LogP contribution in [0.25, 0.3) is 0 Å². The van der Waals surface area contributed by atoms with E-state index in [2.05, 4.69) is 22.0 Å². The van der Waals surface area contributed by atoms with E-state index in [4.69, 9.17) is 22.1 Å². The van der Waals surface area contributed by atoms with Crippen LogP contribution in [0.5, 0.6) is 0 Å². The minimum Gasteiger partial charge on any atom is -0.496 e. The lowest BCUT2D eigenvalue weighted by Gasteiger charge is -2.21. The van der Waals surface area contributed by atoms with Crippen LogP contribution in [-0.4, -0.2) is 6.61 Å². The van der Waals surface area contributed by atoms with Gasteiger partial charge in [0.2, 0.25) is 0 Å². The second-order valence-corrected chi connectivity index (χ2v) is 5.01. The van der Waals surface area contributed by atoms with Crippen molar-refractivity contribution >= 4 is 27.5 Å². The summed E-state index contributed by atoms with van der Waals surface area (Å²) in [6.45, 7) is 0.754. The highest BCUT2D eigenvalue weighted by molar-refractivity contribution is 9.10. The molecule has 16 heavy (non-hydrogen) atoms. The molecule has 1 aliphatic heterocycles. The number of hydrogen-bond acceptors (Lipinski definition) is 2. The van der Waals surface area contributed by atoms with Crippen LogP contribution >= 0.6 is 27.5 Å². The zero-order valence-corrected chi connectivity index (χ0v) is 11.1. The molecule has 0 aromatic heterocycles. The van der Waals surface area contributed by atoms with Crippen molar-refractivity contribution in [3.05, 3.63) is 45.1 Å². The fourth-order valence-electron chi connectivity index (χ4n) is 1.66. The lowest BCUT2D eigenvalue weighted by molar-refractivity contribution is 0.176. The van der Waals surface area contributed by atoms with E-state index in [1.165, 1.54) is 0 Å². The highest BCUT2D eigenvalue weighted by atomic mass is 79.9. The molecular formula is C12H13BrClNO. The summed E-state index contributed by atoms with van der Waals surface area (Å²) in [6, 6.07) is 5.51. The summed E-state index contributed by atoms with van der Waals surface area (Å²) in [5.41, 5.74) is 7.09. The van der Waals surface area contributed by atoms with E-state index >= 15 is 0 Å². The molecular weight excluding hydrogens is 289 g/mol. The minimum atomic E-state index is -0.217. The molecule has 1 atom stereocenters. The van der Waals surface area contributed by atoms with Crippen molar-refractivity contribution in [2.75, 3.05) is 6.61 Å². The number of benzene rings is 1. The third kappa shape index (κ3) is 2.59. The molecule has 1 aliphatic rings. The van der Waals surface area contributed by atoms with Gasteiger partial charge in [0.15, 0.2) is 0 Å². The fourth-order valence-corrected chi connectivity index (χ4v) is 2.10. The molecule has 0 saturated carbocycles. The Balaban J connectivity index is 2.22. The lowest BCUT2D eigenvalue weighted by Crippen LogP contribution is -2.17. The van der Waals surface area contributed by atoms with Gasteiger partial charge in [0.05, 0.1) is 17.7 Å². The molecule has 0 bridgehead atoms. The van der Waals surface area contributed by atoms with Crippen LogP contribution < -0.4 is 5.73 Å². The third-order valence-corrected chi connectivity index (χ3v) is 3.80. The van der Waals surface area contributed by atoms with E-state index in [1.54, 1.807) is 0 Å². The van der Waals surface area contributed by atoms with Gasteiger partial charge in [0.1, 0.15) is 5.76 Å². The van der Waals surface area contributed by atoms with Crippen LogP contribution in [0.2, 0.25) is 5.02 Å². The topological polar surface area (TPSA) is 35.2 Å². The molecule has 0 aliphatic carbocycles. The van der Waals surface area contributed by atoms with Crippen LogP contribution in [0.15, 0.2) is 34.5 Å². The largest absolute Gasteiger partial charge is 0.496 e. The molecule has 2 N–H and O–H groups in total. The monoisotopic (exact) mass is 301 g/mol. The third-order valence-electron chi connectivity index (χ3n) is 2.57. The van der Waals surface area contributed by atoms with E-state index in [0.717, 1.165) is 35.2 Å². The van der Waals surface area contributed by atoms with Crippen molar-refractivity contribution in [3.63, 3.8) is 0 Å². The number of allylic oxidation sites excluding steroid dienone is 1. The summed E-state index contributed by atoms with van der Waals surface area (Å²) in [7, 11) is 0. The molecule has 2 rings (SSSR count). The summed E-state index contributed by atoms with van der Waals surface area (Å²) in [5, 5.41) is 0.671. The van der Waals surface area contributed by atoms with Crippen LogP contribution in [0, 0.1) is 0 Å². The Bertz CT molecular complexity index is 419. The van der Waals surface area contributed by atoms with Crippen molar-refractivity contribution < 1.29 is 4.74 Å². The number of rotatable bonds is 2. The van der Waals surface area contributed by atoms with Gasteiger partial charge in [-0.15, -0.1) is 0 Å². The zero-order chi connectivity index (χ0) is 11.5. The predicted molar refractivity (Wildman–Crippen MR) is 69.3 cm³/mol. The molecule has 1 aromatic rings. The van der Waals surface area contributed by atoms with Crippen LogP contribution in [-0.2, 0) is 4.74 Å². The maximum atomic E-state index is 6.12. The van der Waals surface area contributed by atoms with Crippen LogP contribution in [0.1, 0.15) is 24.4 Å². The highest BCUT2D eigenvalue weighted by Crippen LogP contribution is 2.29. The number of hydrogen-bond donors (Lipinski definition) is 1. The molecule has 0 fully saturated rings. The maximum absolute atomic E-state index is 6.12. The fraction of sp³-hybridized carbons (Fsp3) is 0.333. The molecule has 0 saturated heterocycles. The Hall–Kier alpha value is -0.510. The van der Waals surface area contributed by atoms with Gasteiger partial charge in [-0.2, -0.15) is 0 Å². The number of halogens is 2. The van der Waals surface area contributed by atoms with Gasteiger partial charge in [-0.25, -0.2) is 0 Å². The van der Waals surface area contributed by atoms with Gasteiger partial charge in [-0.3, -0.25) is 0 Å². The number of nitrogens with two attached hydrogens (primary N) is 1. The Morgan fingerprint density at radius 3 is 2.88 bits per heavy atom. The Morgan fingerprint density at radius 1 is 1.44 bits per heavy atom. The first-order chi connectivity index (χ1) is 7.68. The molecule has 0 amide bonds. The van der Waals surface area contributed by atoms with Gasteiger partial charge in [-0.05, 0) is 52.5 Å². The van der Waals surface area contributed by atoms with Crippen molar-refractivity contribution in [2.45, 2.75) is 18.9 Å². The Kier molecular flexibility index (Phi) is 3.90. The molecule has 1 aromatic carbocycles. The molecule has 4 heteroatoms. The lowest BCUT2D eigenvalue weighted by atomic mass is 10.0. The summed E-state index contributed by atoms with van der Waals surface area (Å²) in [5.74, 6) is 0.852. The zero-order valence-electron chi connectivity index (χ0n) is 8.75. The van der Waals surface area contributed by atoms with Gasteiger partial charge in [0.25, 0.3) is 0 Å². The first-order valence-corrected chi connectivity index (χ1v) is 6.39. The van der Waals surface area contributed by atoms with Gasteiger partial charge in [-0.1, -0.05) is 17.7 Å². The van der Waals surface area contributed by atoms with Gasteiger partial charge >= 0.3 is 0 Å². The standard InChI is InChI=1S/C12H13BrClNO/c13-9-5-4-8(7-10(9)14)12(15)11-3-1-2-6-16-11/h3-5,7,12H,1-2,6,15H2. The summed E-state index contributed by atoms with van der Waals surface area (Å²) in [6.07, 6.45) is 4.16. The quantitative estimate of drug-likeness (QED) is 0.902. The summed E-state index contributed by atoms with van der Waals surface area (Å²) < 4.78 is 6.42. The van der Waals surface area contributed by atoms with E-state index < -0.39 is 0 Å². The van der Waals surface area contributed by atoms with Gasteiger partial charge < -0.3 is 10.5 Å². The summed E-state index contributed by atoms with van der Waals surface area (Å²) >= 11 is 9.39. The van der Waals surface area contributed by atoms with E-state index in [0.29, 0.717) is 5.02 Å². The van der Waals surface area contributed by atoms with E-state index in [-0.39, 0.29) is 6.04 Å². The van der Waals surface area contributed by atoms with Crippen molar-refractivity contribution in [2.24, 2.45) is 5.73 Å². The average Bonchev–Trinajstić information content (AvgIpc) is 2.33. The maximum Gasteiger partial charge on any atom is 0.113 e. The van der Waals surface area contributed by atoms with Crippen molar-refractivity contribution in [1.82, 2.24) is 0 Å². The second kappa shape index (κ2) is 5.21. The Labute approximate surface area is 109 Å². The normalized spacial score (nSPS) is 17.6. The van der Waals surface area contributed by atoms with Gasteiger partial charge in [0, 0.05) is 4.47 Å².